The van der Waals surface area contributed by atoms with E-state index in [1.807, 2.05) is 6.20 Å². The number of aromatic amines is 1. The Kier molecular flexibility index (Phi) is 7.66. The molecule has 94 valence electrons. The van der Waals surface area contributed by atoms with E-state index in [4.69, 9.17) is 4.74 Å². The zero-order chi connectivity index (χ0) is 11.1. The minimum absolute atomic E-state index is 0. The SMILES string of the molecule is C[Si](C)(C)CCOCNCc1ncc[nH]1.Cl. The van der Waals surface area contributed by atoms with Crippen LogP contribution in [-0.4, -0.2) is 31.4 Å². The molecule has 1 aromatic heterocycles. The van der Waals surface area contributed by atoms with Crippen LogP contribution in [0.2, 0.25) is 25.7 Å². The summed E-state index contributed by atoms with van der Waals surface area (Å²) in [4.78, 5) is 7.14. The third-order valence-electron chi connectivity index (χ3n) is 2.05. The molecular weight excluding hydrogens is 242 g/mol. The van der Waals surface area contributed by atoms with Gasteiger partial charge in [-0.05, 0) is 6.04 Å². The van der Waals surface area contributed by atoms with E-state index >= 15 is 0 Å². The van der Waals surface area contributed by atoms with Crippen LogP contribution in [0.25, 0.3) is 0 Å². The summed E-state index contributed by atoms with van der Waals surface area (Å²) in [6.07, 6.45) is 3.58. The highest BCUT2D eigenvalue weighted by Crippen LogP contribution is 2.06. The summed E-state index contributed by atoms with van der Waals surface area (Å²) in [5.74, 6) is 0.948. The Hall–Kier alpha value is -0.363. The van der Waals surface area contributed by atoms with Gasteiger partial charge < -0.3 is 9.72 Å². The first kappa shape index (κ1) is 15.6. The van der Waals surface area contributed by atoms with Gasteiger partial charge in [-0.25, -0.2) is 4.98 Å². The van der Waals surface area contributed by atoms with Crippen LogP contribution in [0.3, 0.4) is 0 Å². The molecule has 4 nitrogen and oxygen atoms in total. The molecule has 0 saturated carbocycles. The molecule has 0 saturated heterocycles. The van der Waals surface area contributed by atoms with Gasteiger partial charge in [0.15, 0.2) is 0 Å². The Labute approximate surface area is 105 Å². The van der Waals surface area contributed by atoms with Gasteiger partial charge in [0, 0.05) is 27.1 Å². The van der Waals surface area contributed by atoms with Gasteiger partial charge in [-0.1, -0.05) is 19.6 Å². The van der Waals surface area contributed by atoms with Gasteiger partial charge in [-0.3, -0.25) is 5.32 Å². The normalized spacial score (nSPS) is 11.2. The van der Waals surface area contributed by atoms with Crippen molar-refractivity contribution < 1.29 is 4.74 Å². The van der Waals surface area contributed by atoms with Crippen molar-refractivity contribution >= 4 is 20.5 Å². The van der Waals surface area contributed by atoms with Gasteiger partial charge in [0.2, 0.25) is 0 Å². The smallest absolute Gasteiger partial charge is 0.120 e. The number of H-pyrrole nitrogens is 1. The van der Waals surface area contributed by atoms with E-state index in [1.165, 1.54) is 6.04 Å². The lowest BCUT2D eigenvalue weighted by Gasteiger charge is -2.15. The lowest BCUT2D eigenvalue weighted by atomic mass is 10.6. The number of nitrogens with zero attached hydrogens (tertiary/aromatic N) is 1. The number of hydrogen-bond donors (Lipinski definition) is 2. The van der Waals surface area contributed by atoms with E-state index in [1.54, 1.807) is 6.20 Å². The summed E-state index contributed by atoms with van der Waals surface area (Å²) in [6.45, 7) is 9.26. The first-order valence-electron chi connectivity index (χ1n) is 5.35. The lowest BCUT2D eigenvalue weighted by molar-refractivity contribution is 0.126. The minimum atomic E-state index is -0.942. The zero-order valence-electron chi connectivity index (χ0n) is 10.2. The van der Waals surface area contributed by atoms with Crippen molar-refractivity contribution in [2.24, 2.45) is 0 Å². The molecule has 1 aromatic rings. The summed E-state index contributed by atoms with van der Waals surface area (Å²) in [6, 6.07) is 1.22. The molecule has 0 atom stereocenters. The van der Waals surface area contributed by atoms with Crippen LogP contribution in [0.15, 0.2) is 12.4 Å². The Morgan fingerprint density at radius 3 is 2.75 bits per heavy atom. The Bertz CT molecular complexity index is 262. The first-order chi connectivity index (χ1) is 7.08. The topological polar surface area (TPSA) is 49.9 Å². The Balaban J connectivity index is 0.00000225. The lowest BCUT2D eigenvalue weighted by Crippen LogP contribution is -2.24. The van der Waals surface area contributed by atoms with E-state index in [2.05, 4.69) is 34.9 Å². The average molecular weight is 264 g/mol. The molecule has 1 rings (SSSR count). The monoisotopic (exact) mass is 263 g/mol. The van der Waals surface area contributed by atoms with Crippen molar-refractivity contribution in [3.63, 3.8) is 0 Å². The molecule has 0 spiro atoms. The molecule has 16 heavy (non-hydrogen) atoms. The molecule has 1 heterocycles. The molecule has 0 amide bonds. The number of hydrogen-bond acceptors (Lipinski definition) is 3. The number of halogens is 1. The maximum atomic E-state index is 5.49. The second-order valence-electron chi connectivity index (χ2n) is 4.83. The predicted molar refractivity (Wildman–Crippen MR) is 71.6 cm³/mol. The molecule has 0 aromatic carbocycles. The van der Waals surface area contributed by atoms with Gasteiger partial charge in [-0.15, -0.1) is 12.4 Å². The van der Waals surface area contributed by atoms with E-state index in [-0.39, 0.29) is 12.4 Å². The molecule has 0 radical (unpaired) electrons. The third kappa shape index (κ3) is 7.87. The van der Waals surface area contributed by atoms with Crippen molar-refractivity contribution in [3.8, 4) is 0 Å². The van der Waals surface area contributed by atoms with Gasteiger partial charge in [0.25, 0.3) is 0 Å². The molecular formula is C10H22ClN3OSi. The van der Waals surface area contributed by atoms with Gasteiger partial charge in [-0.2, -0.15) is 0 Å². The molecule has 0 aliphatic carbocycles. The fraction of sp³-hybridized carbons (Fsp3) is 0.700. The third-order valence-corrected chi connectivity index (χ3v) is 3.75. The second-order valence-corrected chi connectivity index (χ2v) is 10.4. The van der Waals surface area contributed by atoms with Crippen LogP contribution in [-0.2, 0) is 11.3 Å². The van der Waals surface area contributed by atoms with E-state index in [9.17, 15) is 0 Å². The second kappa shape index (κ2) is 7.84. The molecule has 2 N–H and O–H groups in total. The van der Waals surface area contributed by atoms with Crippen LogP contribution >= 0.6 is 12.4 Å². The van der Waals surface area contributed by atoms with Crippen LogP contribution < -0.4 is 5.32 Å². The minimum Gasteiger partial charge on any atom is -0.367 e. The van der Waals surface area contributed by atoms with Crippen LogP contribution in [0.5, 0.6) is 0 Å². The Morgan fingerprint density at radius 2 is 2.19 bits per heavy atom. The summed E-state index contributed by atoms with van der Waals surface area (Å²) in [7, 11) is -0.942. The standard InChI is InChI=1S/C10H21N3OSi.ClH/c1-15(2,3)7-6-14-9-11-8-10-12-4-5-13-10;/h4-5,11H,6-9H2,1-3H3,(H,12,13);1H. The van der Waals surface area contributed by atoms with E-state index < -0.39 is 8.07 Å². The van der Waals surface area contributed by atoms with Crippen molar-refractivity contribution in [1.82, 2.24) is 15.3 Å². The van der Waals surface area contributed by atoms with Gasteiger partial charge in [0.05, 0.1) is 13.3 Å². The summed E-state index contributed by atoms with van der Waals surface area (Å²) in [5.41, 5.74) is 0. The van der Waals surface area contributed by atoms with Crippen molar-refractivity contribution in [2.75, 3.05) is 13.3 Å². The Morgan fingerprint density at radius 1 is 1.44 bits per heavy atom. The van der Waals surface area contributed by atoms with Crippen molar-refractivity contribution in [3.05, 3.63) is 18.2 Å². The fourth-order valence-electron chi connectivity index (χ4n) is 1.09. The highest BCUT2D eigenvalue weighted by molar-refractivity contribution is 6.76. The molecule has 0 aliphatic heterocycles. The average Bonchev–Trinajstić information content (AvgIpc) is 2.61. The fourth-order valence-corrected chi connectivity index (χ4v) is 1.84. The summed E-state index contributed by atoms with van der Waals surface area (Å²) in [5, 5.41) is 3.17. The van der Waals surface area contributed by atoms with E-state index in [0.29, 0.717) is 6.73 Å². The van der Waals surface area contributed by atoms with Crippen molar-refractivity contribution in [1.29, 1.82) is 0 Å². The van der Waals surface area contributed by atoms with Crippen LogP contribution in [0, 0.1) is 0 Å². The van der Waals surface area contributed by atoms with Crippen LogP contribution in [0.1, 0.15) is 5.82 Å². The number of rotatable bonds is 7. The number of imidazole rings is 1. The largest absolute Gasteiger partial charge is 0.367 e. The van der Waals surface area contributed by atoms with Gasteiger partial charge >= 0.3 is 0 Å². The zero-order valence-corrected chi connectivity index (χ0v) is 12.1. The van der Waals surface area contributed by atoms with Crippen LogP contribution in [0.4, 0.5) is 0 Å². The van der Waals surface area contributed by atoms with Gasteiger partial charge in [0.1, 0.15) is 5.82 Å². The number of nitrogens with one attached hydrogen (secondary N) is 2. The predicted octanol–water partition coefficient (Wildman–Crippen LogP) is 2.23. The number of ether oxygens (including phenoxy) is 1. The highest BCUT2D eigenvalue weighted by atomic mass is 35.5. The molecule has 0 bridgehead atoms. The summed E-state index contributed by atoms with van der Waals surface area (Å²) < 4.78 is 5.49. The van der Waals surface area contributed by atoms with Crippen molar-refractivity contribution in [2.45, 2.75) is 32.2 Å². The molecule has 0 aliphatic rings. The molecule has 6 heteroatoms. The first-order valence-corrected chi connectivity index (χ1v) is 9.05. The maximum absolute atomic E-state index is 5.49. The molecule has 0 unspecified atom stereocenters. The quantitative estimate of drug-likeness (QED) is 0.451. The summed E-state index contributed by atoms with van der Waals surface area (Å²) >= 11 is 0. The molecule has 0 fully saturated rings. The maximum Gasteiger partial charge on any atom is 0.120 e. The number of aromatic nitrogens is 2. The highest BCUT2D eigenvalue weighted by Gasteiger charge is 2.11. The van der Waals surface area contributed by atoms with E-state index in [0.717, 1.165) is 19.0 Å².